The first-order chi connectivity index (χ1) is 9.49. The number of nitrogens with one attached hydrogen (secondary N) is 1. The van der Waals surface area contributed by atoms with Crippen molar-refractivity contribution in [1.82, 2.24) is 5.32 Å². The molecule has 1 N–H and O–H groups in total. The van der Waals surface area contributed by atoms with E-state index >= 15 is 0 Å². The summed E-state index contributed by atoms with van der Waals surface area (Å²) in [6.07, 6.45) is 0. The Hall–Kier alpha value is -2.08. The Morgan fingerprint density at radius 2 is 1.55 bits per heavy atom. The van der Waals surface area contributed by atoms with Crippen molar-refractivity contribution in [3.8, 4) is 12.1 Å². The van der Waals surface area contributed by atoms with E-state index in [1.165, 1.54) is 12.1 Å². The zero-order chi connectivity index (χ0) is 14.9. The molecule has 0 saturated carbocycles. The number of hydrogen-bond acceptors (Lipinski definition) is 4. The SMILES string of the molecule is N#C[C@@H]1C(=O)NC(=O)[C@@H](C#N)C1c1ccc(Cl)c(Cl)c1. The van der Waals surface area contributed by atoms with Gasteiger partial charge in [-0.25, -0.2) is 0 Å². The fourth-order valence-corrected chi connectivity index (χ4v) is 2.48. The number of rotatable bonds is 1. The Balaban J connectivity index is 2.55. The quantitative estimate of drug-likeness (QED) is 0.803. The first-order valence-corrected chi connectivity index (χ1v) is 6.34. The summed E-state index contributed by atoms with van der Waals surface area (Å²) in [5, 5.41) is 20.8. The molecular formula is C13H7Cl2N3O2. The summed E-state index contributed by atoms with van der Waals surface area (Å²) in [5.41, 5.74) is 0.459. The molecule has 1 saturated heterocycles. The van der Waals surface area contributed by atoms with Crippen LogP contribution >= 0.6 is 23.2 Å². The molecule has 0 bridgehead atoms. The van der Waals surface area contributed by atoms with E-state index in [1.54, 1.807) is 6.07 Å². The average molecular weight is 308 g/mol. The predicted octanol–water partition coefficient (Wildman–Crippen LogP) is 2.01. The lowest BCUT2D eigenvalue weighted by atomic mass is 9.74. The summed E-state index contributed by atoms with van der Waals surface area (Å²) in [5.74, 6) is -4.54. The number of carbonyl (C=O) groups excluding carboxylic acids is 2. The lowest BCUT2D eigenvalue weighted by molar-refractivity contribution is -0.137. The van der Waals surface area contributed by atoms with Crippen molar-refractivity contribution in [3.05, 3.63) is 33.8 Å². The van der Waals surface area contributed by atoms with E-state index in [0.717, 1.165) is 0 Å². The highest BCUT2D eigenvalue weighted by Crippen LogP contribution is 2.37. The van der Waals surface area contributed by atoms with Crippen molar-refractivity contribution >= 4 is 35.0 Å². The van der Waals surface area contributed by atoms with Crippen LogP contribution in [0.3, 0.4) is 0 Å². The summed E-state index contributed by atoms with van der Waals surface area (Å²) in [4.78, 5) is 23.4. The molecule has 1 aromatic carbocycles. The van der Waals surface area contributed by atoms with Crippen molar-refractivity contribution in [3.63, 3.8) is 0 Å². The van der Waals surface area contributed by atoms with Gasteiger partial charge in [-0.3, -0.25) is 14.9 Å². The number of piperidine rings is 1. The van der Waals surface area contributed by atoms with E-state index in [-0.39, 0.29) is 5.02 Å². The minimum atomic E-state index is -1.13. The van der Waals surface area contributed by atoms with Gasteiger partial charge in [0.1, 0.15) is 11.8 Å². The normalized spacial score (nSPS) is 22.8. The van der Waals surface area contributed by atoms with Crippen LogP contribution in [0.25, 0.3) is 0 Å². The highest BCUT2D eigenvalue weighted by atomic mass is 35.5. The molecule has 2 amide bonds. The zero-order valence-electron chi connectivity index (χ0n) is 9.93. The van der Waals surface area contributed by atoms with Gasteiger partial charge in [-0.1, -0.05) is 29.3 Å². The molecule has 2 rings (SSSR count). The van der Waals surface area contributed by atoms with Crippen LogP contribution in [0.4, 0.5) is 0 Å². The molecule has 1 heterocycles. The van der Waals surface area contributed by atoms with Crippen LogP contribution in [0.1, 0.15) is 11.5 Å². The molecule has 20 heavy (non-hydrogen) atoms. The van der Waals surface area contributed by atoms with Gasteiger partial charge in [0.25, 0.3) is 0 Å². The van der Waals surface area contributed by atoms with Crippen molar-refractivity contribution in [1.29, 1.82) is 10.5 Å². The summed E-state index contributed by atoms with van der Waals surface area (Å²) in [7, 11) is 0. The van der Waals surface area contributed by atoms with Crippen LogP contribution < -0.4 is 5.32 Å². The maximum absolute atomic E-state index is 11.7. The van der Waals surface area contributed by atoms with Gasteiger partial charge in [0.05, 0.1) is 22.2 Å². The number of benzene rings is 1. The van der Waals surface area contributed by atoms with Crippen LogP contribution in [0.2, 0.25) is 10.0 Å². The number of nitrogens with zero attached hydrogens (tertiary/aromatic N) is 2. The van der Waals surface area contributed by atoms with E-state index in [0.29, 0.717) is 10.6 Å². The topological polar surface area (TPSA) is 93.8 Å². The fraction of sp³-hybridized carbons (Fsp3) is 0.231. The molecule has 1 aliphatic heterocycles. The number of hydrogen-bond donors (Lipinski definition) is 1. The van der Waals surface area contributed by atoms with Crippen LogP contribution in [-0.2, 0) is 9.59 Å². The molecule has 0 spiro atoms. The number of amides is 2. The molecule has 0 aliphatic carbocycles. The van der Waals surface area contributed by atoms with E-state index in [2.05, 4.69) is 0 Å². The number of nitriles is 2. The third-order valence-electron chi connectivity index (χ3n) is 3.14. The van der Waals surface area contributed by atoms with Crippen molar-refractivity contribution in [2.75, 3.05) is 0 Å². The second-order valence-corrected chi connectivity index (χ2v) is 5.08. The van der Waals surface area contributed by atoms with E-state index in [4.69, 9.17) is 33.7 Å². The number of imide groups is 1. The summed E-state index contributed by atoms with van der Waals surface area (Å²) >= 11 is 11.7. The Bertz CT molecular complexity index is 643. The Morgan fingerprint density at radius 3 is 2.00 bits per heavy atom. The van der Waals surface area contributed by atoms with Gasteiger partial charge in [-0.2, -0.15) is 10.5 Å². The van der Waals surface area contributed by atoms with Crippen molar-refractivity contribution in [2.45, 2.75) is 5.92 Å². The van der Waals surface area contributed by atoms with Crippen molar-refractivity contribution < 1.29 is 9.59 Å². The maximum atomic E-state index is 11.7. The highest BCUT2D eigenvalue weighted by Gasteiger charge is 2.45. The van der Waals surface area contributed by atoms with Gasteiger partial charge >= 0.3 is 0 Å². The average Bonchev–Trinajstić information content (AvgIpc) is 2.41. The van der Waals surface area contributed by atoms with E-state index < -0.39 is 29.6 Å². The molecule has 1 fully saturated rings. The summed E-state index contributed by atoms with van der Waals surface area (Å²) < 4.78 is 0. The van der Waals surface area contributed by atoms with Gasteiger partial charge in [-0.15, -0.1) is 0 Å². The van der Waals surface area contributed by atoms with Crippen LogP contribution in [-0.4, -0.2) is 11.8 Å². The van der Waals surface area contributed by atoms with Crippen LogP contribution in [0.5, 0.6) is 0 Å². The van der Waals surface area contributed by atoms with Gasteiger partial charge in [0.15, 0.2) is 0 Å². The first-order valence-electron chi connectivity index (χ1n) is 5.58. The molecule has 0 aromatic heterocycles. The fourth-order valence-electron chi connectivity index (χ4n) is 2.18. The molecule has 7 heteroatoms. The summed E-state index contributed by atoms with van der Waals surface area (Å²) in [6.45, 7) is 0. The van der Waals surface area contributed by atoms with Gasteiger partial charge in [-0.05, 0) is 17.7 Å². The van der Waals surface area contributed by atoms with Gasteiger partial charge in [0, 0.05) is 5.92 Å². The Morgan fingerprint density at radius 1 is 1.00 bits per heavy atom. The molecule has 0 unspecified atom stereocenters. The third-order valence-corrected chi connectivity index (χ3v) is 3.88. The minimum absolute atomic E-state index is 0.232. The molecule has 5 nitrogen and oxygen atoms in total. The second-order valence-electron chi connectivity index (χ2n) is 4.27. The highest BCUT2D eigenvalue weighted by molar-refractivity contribution is 6.42. The predicted molar refractivity (Wildman–Crippen MR) is 70.6 cm³/mol. The first kappa shape index (κ1) is 14.3. The maximum Gasteiger partial charge on any atom is 0.244 e. The van der Waals surface area contributed by atoms with Gasteiger partial charge in [0.2, 0.25) is 11.8 Å². The monoisotopic (exact) mass is 307 g/mol. The lowest BCUT2D eigenvalue weighted by Crippen LogP contribution is -2.49. The van der Waals surface area contributed by atoms with Gasteiger partial charge < -0.3 is 0 Å². The smallest absolute Gasteiger partial charge is 0.244 e. The lowest BCUT2D eigenvalue weighted by Gasteiger charge is -2.29. The van der Waals surface area contributed by atoms with E-state index in [1.807, 2.05) is 17.5 Å². The third kappa shape index (κ3) is 2.34. The van der Waals surface area contributed by atoms with Crippen LogP contribution in [0.15, 0.2) is 18.2 Å². The number of carbonyl (C=O) groups is 2. The second kappa shape index (κ2) is 5.50. The minimum Gasteiger partial charge on any atom is -0.294 e. The summed E-state index contributed by atoms with van der Waals surface area (Å²) in [6, 6.07) is 8.18. The Labute approximate surface area is 124 Å². The van der Waals surface area contributed by atoms with Crippen LogP contribution in [0, 0.1) is 34.5 Å². The molecule has 2 atom stereocenters. The zero-order valence-corrected chi connectivity index (χ0v) is 11.4. The largest absolute Gasteiger partial charge is 0.294 e. The molecular weight excluding hydrogens is 301 g/mol. The molecule has 0 radical (unpaired) electrons. The Kier molecular flexibility index (Phi) is 3.94. The van der Waals surface area contributed by atoms with E-state index in [9.17, 15) is 9.59 Å². The molecule has 1 aromatic rings. The standard InChI is InChI=1S/C13H7Cl2N3O2/c14-9-2-1-6(3-10(9)15)11-7(4-16)12(19)18-13(20)8(11)5-17/h1-3,7-8,11H,(H,18,19,20)/t7-,8-/m0/s1. The molecule has 100 valence electrons. The number of halogens is 2. The molecule has 1 aliphatic rings. The van der Waals surface area contributed by atoms with Crippen molar-refractivity contribution in [2.24, 2.45) is 11.8 Å².